The zero-order chi connectivity index (χ0) is 11.7. The van der Waals surface area contributed by atoms with E-state index in [-0.39, 0.29) is 6.54 Å². The molecule has 8 nitrogen and oxygen atoms in total. The van der Waals surface area contributed by atoms with E-state index in [1.807, 2.05) is 4.68 Å². The molecule has 9 heteroatoms. The zero-order valence-electron chi connectivity index (χ0n) is 8.98. The van der Waals surface area contributed by atoms with Crippen LogP contribution in [0.5, 0.6) is 0 Å². The molecule has 0 spiro atoms. The van der Waals surface area contributed by atoms with Crippen molar-refractivity contribution in [3.63, 3.8) is 0 Å². The summed E-state index contributed by atoms with van der Waals surface area (Å²) in [7, 11) is 0. The van der Waals surface area contributed by atoms with Gasteiger partial charge in [0, 0.05) is 0 Å². The van der Waals surface area contributed by atoms with Crippen LogP contribution in [0.2, 0.25) is 0 Å². The summed E-state index contributed by atoms with van der Waals surface area (Å²) in [6, 6.07) is 0.475. The molecule has 1 fully saturated rings. The topological polar surface area (TPSA) is 109 Å². The predicted molar refractivity (Wildman–Crippen MR) is 57.8 cm³/mol. The van der Waals surface area contributed by atoms with Crippen molar-refractivity contribution in [2.75, 3.05) is 0 Å². The maximum atomic E-state index is 5.38. The Hall–Kier alpha value is -1.48. The van der Waals surface area contributed by atoms with Crippen molar-refractivity contribution in [1.82, 2.24) is 30.4 Å². The molecule has 0 radical (unpaired) electrons. The Labute approximate surface area is 101 Å². The number of nitrogens with zero attached hydrogens (tertiary/aromatic N) is 6. The van der Waals surface area contributed by atoms with E-state index in [9.17, 15) is 0 Å². The molecule has 1 saturated carbocycles. The number of thioether (sulfide) groups is 1. The van der Waals surface area contributed by atoms with Crippen LogP contribution in [0.1, 0.15) is 30.6 Å². The van der Waals surface area contributed by atoms with Gasteiger partial charge >= 0.3 is 0 Å². The molecule has 17 heavy (non-hydrogen) atoms. The average molecular weight is 253 g/mol. The molecule has 0 aromatic carbocycles. The van der Waals surface area contributed by atoms with Crippen molar-refractivity contribution in [3.8, 4) is 0 Å². The lowest BCUT2D eigenvalue weighted by Crippen LogP contribution is -2.02. The number of tetrazole rings is 1. The van der Waals surface area contributed by atoms with Crippen LogP contribution in [-0.4, -0.2) is 30.4 Å². The normalized spacial score (nSPS) is 15.4. The molecule has 2 aromatic heterocycles. The van der Waals surface area contributed by atoms with Crippen molar-refractivity contribution in [2.24, 2.45) is 5.73 Å². The Morgan fingerprint density at radius 2 is 2.24 bits per heavy atom. The molecule has 1 aliphatic carbocycles. The maximum absolute atomic E-state index is 5.38. The lowest BCUT2D eigenvalue weighted by Gasteiger charge is -1.99. The van der Waals surface area contributed by atoms with Gasteiger partial charge < -0.3 is 10.2 Å². The summed E-state index contributed by atoms with van der Waals surface area (Å²) < 4.78 is 7.15. The number of rotatable bonds is 5. The Morgan fingerprint density at radius 1 is 1.35 bits per heavy atom. The third-order valence-corrected chi connectivity index (χ3v) is 3.22. The summed E-state index contributed by atoms with van der Waals surface area (Å²) in [5, 5.41) is 19.8. The van der Waals surface area contributed by atoms with E-state index in [1.165, 1.54) is 11.8 Å². The Balaban J connectivity index is 1.64. The molecular formula is C8H11N7OS. The first-order valence-corrected chi connectivity index (χ1v) is 6.27. The van der Waals surface area contributed by atoms with Gasteiger partial charge in [0.05, 0.1) is 18.3 Å². The number of hydrogen-bond acceptors (Lipinski definition) is 8. The van der Waals surface area contributed by atoms with Gasteiger partial charge in [0.1, 0.15) is 0 Å². The number of aromatic nitrogens is 6. The maximum Gasteiger partial charge on any atom is 0.277 e. The molecule has 0 bridgehead atoms. The quantitative estimate of drug-likeness (QED) is 0.749. The Morgan fingerprint density at radius 3 is 2.94 bits per heavy atom. The summed E-state index contributed by atoms with van der Waals surface area (Å²) in [5.41, 5.74) is 5.38. The minimum Gasteiger partial charge on any atom is -0.415 e. The van der Waals surface area contributed by atoms with E-state index in [4.69, 9.17) is 10.2 Å². The summed E-state index contributed by atoms with van der Waals surface area (Å²) >= 11 is 1.41. The first-order valence-electron chi connectivity index (χ1n) is 5.29. The van der Waals surface area contributed by atoms with E-state index >= 15 is 0 Å². The number of nitrogens with two attached hydrogens (primary N) is 1. The van der Waals surface area contributed by atoms with Crippen molar-refractivity contribution in [3.05, 3.63) is 11.7 Å². The van der Waals surface area contributed by atoms with E-state index in [0.29, 0.717) is 22.9 Å². The zero-order valence-corrected chi connectivity index (χ0v) is 9.80. The molecule has 0 saturated heterocycles. The van der Waals surface area contributed by atoms with Crippen molar-refractivity contribution in [1.29, 1.82) is 0 Å². The van der Waals surface area contributed by atoms with E-state index in [1.54, 1.807) is 0 Å². The summed E-state index contributed by atoms with van der Waals surface area (Å²) in [5.74, 6) is 1.90. The van der Waals surface area contributed by atoms with Crippen LogP contribution in [0.15, 0.2) is 9.64 Å². The standard InChI is InChI=1S/C8H11N7OS/c9-3-7-11-12-8(16-7)17-4-6-10-13-14-15(6)5-1-2-5/h5H,1-4,9H2. The van der Waals surface area contributed by atoms with Crippen LogP contribution in [0.4, 0.5) is 0 Å². The molecule has 0 amide bonds. The van der Waals surface area contributed by atoms with Crippen LogP contribution >= 0.6 is 11.8 Å². The highest BCUT2D eigenvalue weighted by Crippen LogP contribution is 2.35. The average Bonchev–Trinajstić information content (AvgIpc) is 2.93. The summed E-state index contributed by atoms with van der Waals surface area (Å²) in [6.45, 7) is 0.257. The van der Waals surface area contributed by atoms with Gasteiger partial charge in [-0.2, -0.15) is 0 Å². The molecule has 2 aromatic rings. The number of hydrogen-bond donors (Lipinski definition) is 1. The van der Waals surface area contributed by atoms with Crippen molar-refractivity contribution in [2.45, 2.75) is 36.4 Å². The lowest BCUT2D eigenvalue weighted by atomic mass is 10.6. The first-order chi connectivity index (χ1) is 8.36. The fourth-order valence-corrected chi connectivity index (χ4v) is 2.11. The van der Waals surface area contributed by atoms with E-state index in [0.717, 1.165) is 18.7 Å². The van der Waals surface area contributed by atoms with Crippen LogP contribution in [-0.2, 0) is 12.3 Å². The molecule has 1 aliphatic rings. The minimum atomic E-state index is 0.257. The first kappa shape index (κ1) is 10.7. The highest BCUT2D eigenvalue weighted by Gasteiger charge is 2.27. The van der Waals surface area contributed by atoms with Crippen LogP contribution in [0, 0.1) is 0 Å². The highest BCUT2D eigenvalue weighted by atomic mass is 32.2. The SMILES string of the molecule is NCc1nnc(SCc2nnnn2C2CC2)o1. The monoisotopic (exact) mass is 253 g/mol. The highest BCUT2D eigenvalue weighted by molar-refractivity contribution is 7.98. The van der Waals surface area contributed by atoms with E-state index in [2.05, 4.69) is 25.7 Å². The van der Waals surface area contributed by atoms with Crippen molar-refractivity contribution < 1.29 is 4.42 Å². The van der Waals surface area contributed by atoms with Gasteiger partial charge in [0.2, 0.25) is 5.89 Å². The Bertz CT molecular complexity index is 505. The van der Waals surface area contributed by atoms with Crippen LogP contribution in [0.25, 0.3) is 0 Å². The second kappa shape index (κ2) is 4.41. The largest absolute Gasteiger partial charge is 0.415 e. The predicted octanol–water partition coefficient (Wildman–Crippen LogP) is 0.142. The molecule has 2 heterocycles. The second-order valence-corrected chi connectivity index (χ2v) is 4.65. The minimum absolute atomic E-state index is 0.257. The van der Waals surface area contributed by atoms with Crippen LogP contribution in [0.3, 0.4) is 0 Å². The van der Waals surface area contributed by atoms with Gasteiger partial charge in [-0.25, -0.2) is 4.68 Å². The second-order valence-electron chi connectivity index (χ2n) is 3.73. The Kier molecular flexibility index (Phi) is 2.77. The molecule has 90 valence electrons. The fourth-order valence-electron chi connectivity index (χ4n) is 1.42. The third kappa shape index (κ3) is 2.29. The molecule has 0 atom stereocenters. The van der Waals surface area contributed by atoms with Gasteiger partial charge in [-0.15, -0.1) is 15.3 Å². The molecular weight excluding hydrogens is 242 g/mol. The van der Waals surface area contributed by atoms with Gasteiger partial charge in [-0.3, -0.25) is 0 Å². The summed E-state index contributed by atoms with van der Waals surface area (Å²) in [6.07, 6.45) is 2.31. The van der Waals surface area contributed by atoms with Gasteiger partial charge in [-0.05, 0) is 23.3 Å². The molecule has 0 unspecified atom stereocenters. The van der Waals surface area contributed by atoms with Gasteiger partial charge in [0.25, 0.3) is 5.22 Å². The van der Waals surface area contributed by atoms with Crippen molar-refractivity contribution >= 4 is 11.8 Å². The lowest BCUT2D eigenvalue weighted by molar-refractivity contribution is 0.414. The third-order valence-electron chi connectivity index (χ3n) is 2.40. The fraction of sp³-hybridized carbons (Fsp3) is 0.625. The molecule has 0 aliphatic heterocycles. The van der Waals surface area contributed by atoms with Crippen LogP contribution < -0.4 is 5.73 Å². The smallest absolute Gasteiger partial charge is 0.277 e. The summed E-state index contributed by atoms with van der Waals surface area (Å²) in [4.78, 5) is 0. The van der Waals surface area contributed by atoms with Gasteiger partial charge in [-0.1, -0.05) is 11.8 Å². The molecule has 2 N–H and O–H groups in total. The molecule has 3 rings (SSSR count). The van der Waals surface area contributed by atoms with E-state index < -0.39 is 0 Å². The van der Waals surface area contributed by atoms with Gasteiger partial charge in [0.15, 0.2) is 5.82 Å².